The molecule has 2 heterocycles. The second-order valence-corrected chi connectivity index (χ2v) is 9.70. The number of carbonyl (C=O) groups is 1. The largest absolute Gasteiger partial charge is 0.462 e. The standard InChI is InChI=1S/C29H32FNO3/c1-17(2)29-25(10-9-24-14-23(32)15-28(33)34-24)26(20-5-7-22(30)8-6-20)16-27(31-29)21-12-18(3)11-19(4)13-21/h5-8,11-13,16-17,23-24,32H,9-10,14-15H2,1-4H3/t23-,24+/m1/s1. The van der Waals surface area contributed by atoms with Gasteiger partial charge in [-0.3, -0.25) is 9.78 Å². The highest BCUT2D eigenvalue weighted by Crippen LogP contribution is 2.35. The first-order chi connectivity index (χ1) is 16.2. The molecule has 4 nitrogen and oxygen atoms in total. The predicted octanol–water partition coefficient (Wildman–Crippen LogP) is 6.29. The predicted molar refractivity (Wildman–Crippen MR) is 132 cm³/mol. The summed E-state index contributed by atoms with van der Waals surface area (Å²) >= 11 is 0. The average Bonchev–Trinajstić information content (AvgIpc) is 2.76. The van der Waals surface area contributed by atoms with Crippen molar-refractivity contribution in [1.82, 2.24) is 4.98 Å². The number of hydrogen-bond acceptors (Lipinski definition) is 4. The second kappa shape index (κ2) is 10.1. The molecule has 1 aromatic heterocycles. The summed E-state index contributed by atoms with van der Waals surface area (Å²) in [6.45, 7) is 8.40. The molecule has 0 radical (unpaired) electrons. The SMILES string of the molecule is Cc1cc(C)cc(-c2cc(-c3ccc(F)cc3)c(CC[C@H]3C[C@@H](O)CC(=O)O3)c(C(C)C)n2)c1. The van der Waals surface area contributed by atoms with Gasteiger partial charge in [0.15, 0.2) is 0 Å². The number of aliphatic hydroxyl groups excluding tert-OH is 1. The Labute approximate surface area is 200 Å². The Morgan fingerprint density at radius 1 is 1.06 bits per heavy atom. The normalized spacial score (nSPS) is 18.3. The monoisotopic (exact) mass is 461 g/mol. The van der Waals surface area contributed by atoms with Gasteiger partial charge in [0.25, 0.3) is 0 Å². The summed E-state index contributed by atoms with van der Waals surface area (Å²) in [5, 5.41) is 10.0. The maximum Gasteiger partial charge on any atom is 0.308 e. The Kier molecular flexibility index (Phi) is 7.13. The van der Waals surface area contributed by atoms with Gasteiger partial charge in [0.05, 0.1) is 18.2 Å². The summed E-state index contributed by atoms with van der Waals surface area (Å²) in [7, 11) is 0. The molecule has 0 aliphatic carbocycles. The van der Waals surface area contributed by atoms with Crippen LogP contribution in [0.15, 0.2) is 48.5 Å². The number of pyridine rings is 1. The van der Waals surface area contributed by atoms with E-state index in [0.717, 1.165) is 33.6 Å². The van der Waals surface area contributed by atoms with E-state index in [2.05, 4.69) is 52.0 Å². The van der Waals surface area contributed by atoms with Crippen molar-refractivity contribution >= 4 is 5.97 Å². The van der Waals surface area contributed by atoms with Gasteiger partial charge >= 0.3 is 5.97 Å². The van der Waals surface area contributed by atoms with Crippen molar-refractivity contribution in [2.75, 3.05) is 0 Å². The van der Waals surface area contributed by atoms with Gasteiger partial charge in [0, 0.05) is 17.7 Å². The maximum atomic E-state index is 13.7. The quantitative estimate of drug-likeness (QED) is 0.438. The van der Waals surface area contributed by atoms with Crippen LogP contribution < -0.4 is 0 Å². The number of hydrogen-bond donors (Lipinski definition) is 1. The van der Waals surface area contributed by atoms with Crippen LogP contribution in [-0.2, 0) is 16.0 Å². The van der Waals surface area contributed by atoms with E-state index >= 15 is 0 Å². The number of halogens is 1. The highest BCUT2D eigenvalue weighted by molar-refractivity contribution is 5.75. The molecule has 0 unspecified atom stereocenters. The molecule has 34 heavy (non-hydrogen) atoms. The molecule has 1 saturated heterocycles. The van der Waals surface area contributed by atoms with Crippen molar-refractivity contribution in [1.29, 1.82) is 0 Å². The van der Waals surface area contributed by atoms with Crippen LogP contribution in [0.25, 0.3) is 22.4 Å². The minimum absolute atomic E-state index is 0.0563. The zero-order valence-corrected chi connectivity index (χ0v) is 20.3. The first-order valence-corrected chi connectivity index (χ1v) is 12.0. The molecule has 1 aliphatic rings. The lowest BCUT2D eigenvalue weighted by molar-refractivity contribution is -0.160. The fourth-order valence-corrected chi connectivity index (χ4v) is 4.83. The number of ether oxygens (including phenoxy) is 1. The summed E-state index contributed by atoms with van der Waals surface area (Å²) in [6, 6.07) is 15.1. The van der Waals surface area contributed by atoms with Crippen molar-refractivity contribution in [3.05, 3.63) is 76.7 Å². The van der Waals surface area contributed by atoms with E-state index in [-0.39, 0.29) is 30.2 Å². The van der Waals surface area contributed by atoms with Gasteiger partial charge in [-0.2, -0.15) is 0 Å². The Morgan fingerprint density at radius 3 is 2.35 bits per heavy atom. The Bertz CT molecular complexity index is 1170. The number of rotatable bonds is 6. The summed E-state index contributed by atoms with van der Waals surface area (Å²) < 4.78 is 19.2. The first kappa shape index (κ1) is 24.1. The van der Waals surface area contributed by atoms with Crippen molar-refractivity contribution < 1.29 is 19.0 Å². The number of aromatic nitrogens is 1. The summed E-state index contributed by atoms with van der Waals surface area (Å²) in [6.07, 6.45) is 0.768. The third-order valence-electron chi connectivity index (χ3n) is 6.33. The van der Waals surface area contributed by atoms with Gasteiger partial charge in [0.2, 0.25) is 0 Å². The zero-order valence-electron chi connectivity index (χ0n) is 20.3. The molecule has 1 aliphatic heterocycles. The number of carbonyl (C=O) groups excluding carboxylic acids is 1. The van der Waals surface area contributed by atoms with Crippen LogP contribution in [0.1, 0.15) is 61.4 Å². The Balaban J connectivity index is 1.81. The van der Waals surface area contributed by atoms with Crippen molar-refractivity contribution in [3.63, 3.8) is 0 Å². The lowest BCUT2D eigenvalue weighted by atomic mass is 9.88. The molecular weight excluding hydrogens is 429 g/mol. The van der Waals surface area contributed by atoms with Crippen molar-refractivity contribution in [2.24, 2.45) is 0 Å². The topological polar surface area (TPSA) is 59.4 Å². The smallest absolute Gasteiger partial charge is 0.308 e. The minimum atomic E-state index is -0.655. The molecule has 2 atom stereocenters. The average molecular weight is 462 g/mol. The number of esters is 1. The molecule has 0 saturated carbocycles. The number of aliphatic hydroxyl groups is 1. The van der Waals surface area contributed by atoms with Crippen LogP contribution in [-0.4, -0.2) is 28.3 Å². The highest BCUT2D eigenvalue weighted by Gasteiger charge is 2.28. The van der Waals surface area contributed by atoms with E-state index in [0.29, 0.717) is 19.3 Å². The molecule has 1 N–H and O–H groups in total. The van der Waals surface area contributed by atoms with Crippen LogP contribution in [0.2, 0.25) is 0 Å². The lowest BCUT2D eigenvalue weighted by Gasteiger charge is -2.27. The van der Waals surface area contributed by atoms with Crippen molar-refractivity contribution in [3.8, 4) is 22.4 Å². The summed E-state index contributed by atoms with van der Waals surface area (Å²) in [5.41, 5.74) is 8.28. The van der Waals surface area contributed by atoms with E-state index in [1.54, 1.807) is 12.1 Å². The summed E-state index contributed by atoms with van der Waals surface area (Å²) in [4.78, 5) is 16.9. The van der Waals surface area contributed by atoms with Gasteiger partial charge in [-0.15, -0.1) is 0 Å². The van der Waals surface area contributed by atoms with Crippen LogP contribution in [0.3, 0.4) is 0 Å². The minimum Gasteiger partial charge on any atom is -0.462 e. The van der Waals surface area contributed by atoms with Gasteiger partial charge in [-0.05, 0) is 79.6 Å². The van der Waals surface area contributed by atoms with Gasteiger partial charge in [-0.1, -0.05) is 43.2 Å². The molecule has 0 amide bonds. The Morgan fingerprint density at radius 2 is 1.74 bits per heavy atom. The summed E-state index contributed by atoms with van der Waals surface area (Å²) in [5.74, 6) is -0.462. The molecule has 5 heteroatoms. The molecule has 0 bridgehead atoms. The van der Waals surface area contributed by atoms with Crippen molar-refractivity contribution in [2.45, 2.75) is 71.5 Å². The first-order valence-electron chi connectivity index (χ1n) is 12.0. The van der Waals surface area contributed by atoms with Crippen LogP contribution in [0.5, 0.6) is 0 Å². The number of aryl methyl sites for hydroxylation is 2. The van der Waals surface area contributed by atoms with E-state index in [1.165, 1.54) is 23.3 Å². The van der Waals surface area contributed by atoms with Crippen LogP contribution in [0.4, 0.5) is 4.39 Å². The molecule has 0 spiro atoms. The fraction of sp³-hybridized carbons (Fsp3) is 0.379. The van der Waals surface area contributed by atoms with E-state index in [4.69, 9.17) is 9.72 Å². The molecule has 3 aromatic rings. The van der Waals surface area contributed by atoms with E-state index < -0.39 is 6.10 Å². The molecule has 1 fully saturated rings. The third kappa shape index (κ3) is 5.53. The number of benzene rings is 2. The van der Waals surface area contributed by atoms with Crippen LogP contribution >= 0.6 is 0 Å². The third-order valence-corrected chi connectivity index (χ3v) is 6.33. The highest BCUT2D eigenvalue weighted by atomic mass is 19.1. The zero-order chi connectivity index (χ0) is 24.4. The molecule has 178 valence electrons. The molecule has 4 rings (SSSR count). The van der Waals surface area contributed by atoms with Crippen LogP contribution in [0, 0.1) is 19.7 Å². The number of cyclic esters (lactones) is 1. The number of nitrogens with zero attached hydrogens (tertiary/aromatic N) is 1. The fourth-order valence-electron chi connectivity index (χ4n) is 4.83. The molecular formula is C29H32FNO3. The van der Waals surface area contributed by atoms with Gasteiger partial charge in [0.1, 0.15) is 11.9 Å². The van der Waals surface area contributed by atoms with E-state index in [9.17, 15) is 14.3 Å². The second-order valence-electron chi connectivity index (χ2n) is 9.70. The Hall–Kier alpha value is -3.05. The molecule has 2 aromatic carbocycles. The van der Waals surface area contributed by atoms with Gasteiger partial charge < -0.3 is 9.84 Å². The van der Waals surface area contributed by atoms with E-state index in [1.807, 2.05) is 0 Å². The van der Waals surface area contributed by atoms with Gasteiger partial charge in [-0.25, -0.2) is 4.39 Å². The lowest BCUT2D eigenvalue weighted by Crippen LogP contribution is -2.32. The maximum absolute atomic E-state index is 13.7.